The highest BCUT2D eigenvalue weighted by atomic mass is 16.1. The maximum absolute atomic E-state index is 11.0. The Balaban J connectivity index is 2.24. The third-order valence-corrected chi connectivity index (χ3v) is 2.47. The molecule has 0 aliphatic carbocycles. The summed E-state index contributed by atoms with van der Waals surface area (Å²) in [6.45, 7) is 7.54. The second-order valence-electron chi connectivity index (χ2n) is 3.97. The minimum Gasteiger partial charge on any atom is -0.318 e. The Morgan fingerprint density at radius 3 is 2.71 bits per heavy atom. The van der Waals surface area contributed by atoms with Crippen LogP contribution >= 0.6 is 0 Å². The first-order valence-corrected chi connectivity index (χ1v) is 5.31. The topological polar surface area (TPSA) is 35.6 Å². The Hall–Kier alpha value is -0.450. The van der Waals surface area contributed by atoms with E-state index < -0.39 is 0 Å². The Morgan fingerprint density at radius 2 is 2.07 bits per heavy atom. The second-order valence-corrected chi connectivity index (χ2v) is 3.97. The van der Waals surface area contributed by atoms with Crippen molar-refractivity contribution in [3.63, 3.8) is 0 Å². The molecular formula is C10H21N3O. The zero-order valence-corrected chi connectivity index (χ0v) is 9.25. The van der Waals surface area contributed by atoms with Gasteiger partial charge in [0.25, 0.3) is 0 Å². The molecule has 82 valence electrons. The first kappa shape index (κ1) is 11.6. The van der Waals surface area contributed by atoms with Crippen molar-refractivity contribution in [1.82, 2.24) is 15.1 Å². The van der Waals surface area contributed by atoms with Gasteiger partial charge in [0, 0.05) is 26.2 Å². The Bertz CT molecular complexity index is 184. The largest absolute Gasteiger partial charge is 0.318 e. The molecule has 0 saturated carbocycles. The fourth-order valence-corrected chi connectivity index (χ4v) is 1.84. The molecule has 0 spiro atoms. The van der Waals surface area contributed by atoms with Crippen LogP contribution in [0.1, 0.15) is 13.3 Å². The molecule has 1 heterocycles. The summed E-state index contributed by atoms with van der Waals surface area (Å²) in [5, 5.41) is 3.14. The molecule has 1 aliphatic heterocycles. The van der Waals surface area contributed by atoms with Crippen LogP contribution in [0.3, 0.4) is 0 Å². The Kier molecular flexibility index (Phi) is 5.07. The zero-order chi connectivity index (χ0) is 10.4. The summed E-state index contributed by atoms with van der Waals surface area (Å²) in [6, 6.07) is 0. The maximum atomic E-state index is 11.0. The van der Waals surface area contributed by atoms with Gasteiger partial charge in [-0.2, -0.15) is 0 Å². The van der Waals surface area contributed by atoms with Gasteiger partial charge in [0.2, 0.25) is 0 Å². The van der Waals surface area contributed by atoms with Crippen molar-refractivity contribution in [2.75, 3.05) is 46.4 Å². The van der Waals surface area contributed by atoms with Crippen LogP contribution in [0.5, 0.6) is 0 Å². The van der Waals surface area contributed by atoms with Crippen LogP contribution in [0.25, 0.3) is 0 Å². The van der Waals surface area contributed by atoms with E-state index in [4.69, 9.17) is 0 Å². The lowest BCUT2D eigenvalue weighted by molar-refractivity contribution is -0.119. The van der Waals surface area contributed by atoms with Crippen molar-refractivity contribution in [1.29, 1.82) is 0 Å². The summed E-state index contributed by atoms with van der Waals surface area (Å²) in [5.41, 5.74) is 0. The molecule has 4 heteroatoms. The first-order valence-electron chi connectivity index (χ1n) is 5.31. The van der Waals surface area contributed by atoms with Gasteiger partial charge in [-0.1, -0.05) is 0 Å². The van der Waals surface area contributed by atoms with Gasteiger partial charge in [0.1, 0.15) is 5.78 Å². The number of rotatable bonds is 5. The molecule has 0 bridgehead atoms. The molecule has 1 fully saturated rings. The fraction of sp³-hybridized carbons (Fsp3) is 0.900. The third kappa shape index (κ3) is 4.17. The van der Waals surface area contributed by atoms with Gasteiger partial charge in [0.05, 0.1) is 13.2 Å². The first-order chi connectivity index (χ1) is 6.72. The average Bonchev–Trinajstić information content (AvgIpc) is 2.14. The van der Waals surface area contributed by atoms with E-state index in [1.165, 1.54) is 6.42 Å². The monoisotopic (exact) mass is 199 g/mol. The summed E-state index contributed by atoms with van der Waals surface area (Å²) in [5.74, 6) is 0.264. The van der Waals surface area contributed by atoms with Gasteiger partial charge in [-0.3, -0.25) is 14.6 Å². The molecule has 0 atom stereocenters. The predicted molar refractivity (Wildman–Crippen MR) is 57.2 cm³/mol. The van der Waals surface area contributed by atoms with Crippen LogP contribution in [0.15, 0.2) is 0 Å². The van der Waals surface area contributed by atoms with Crippen LogP contribution in [0, 0.1) is 0 Å². The number of hydrogen-bond donors (Lipinski definition) is 1. The summed E-state index contributed by atoms with van der Waals surface area (Å²) in [7, 11) is 1.97. The molecule has 0 amide bonds. The lowest BCUT2D eigenvalue weighted by atomic mass is 10.2. The number of Topliss-reactive ketones (excluding diaryl/α,β-unsaturated/α-hetero) is 1. The molecule has 0 aromatic heterocycles. The van der Waals surface area contributed by atoms with E-state index >= 15 is 0 Å². The van der Waals surface area contributed by atoms with E-state index in [0.29, 0.717) is 6.54 Å². The average molecular weight is 199 g/mol. The van der Waals surface area contributed by atoms with Crippen LogP contribution in [-0.2, 0) is 4.79 Å². The number of nitrogens with zero attached hydrogens (tertiary/aromatic N) is 2. The molecule has 0 aromatic carbocycles. The highest BCUT2D eigenvalue weighted by Crippen LogP contribution is 2.04. The van der Waals surface area contributed by atoms with Crippen molar-refractivity contribution in [3.8, 4) is 0 Å². The highest BCUT2D eigenvalue weighted by Gasteiger charge is 2.17. The molecule has 1 aliphatic rings. The van der Waals surface area contributed by atoms with Crippen LogP contribution < -0.4 is 5.32 Å². The van der Waals surface area contributed by atoms with Crippen molar-refractivity contribution in [2.24, 2.45) is 0 Å². The number of hydrogen-bond acceptors (Lipinski definition) is 4. The molecule has 1 rings (SSSR count). The van der Waals surface area contributed by atoms with E-state index in [9.17, 15) is 4.79 Å². The number of carbonyl (C=O) groups excluding carboxylic acids is 1. The van der Waals surface area contributed by atoms with Crippen molar-refractivity contribution < 1.29 is 4.79 Å². The fourth-order valence-electron chi connectivity index (χ4n) is 1.84. The molecular weight excluding hydrogens is 178 g/mol. The molecule has 1 N–H and O–H groups in total. The molecule has 0 radical (unpaired) electrons. The summed E-state index contributed by atoms with van der Waals surface area (Å²) in [6.07, 6.45) is 1.18. The van der Waals surface area contributed by atoms with Gasteiger partial charge in [0.15, 0.2) is 0 Å². The van der Waals surface area contributed by atoms with E-state index in [1.54, 1.807) is 6.92 Å². The van der Waals surface area contributed by atoms with E-state index in [0.717, 1.165) is 32.8 Å². The molecule has 14 heavy (non-hydrogen) atoms. The molecule has 4 nitrogen and oxygen atoms in total. The Labute approximate surface area is 86.2 Å². The van der Waals surface area contributed by atoms with E-state index in [-0.39, 0.29) is 5.78 Å². The van der Waals surface area contributed by atoms with Crippen LogP contribution in [0.2, 0.25) is 0 Å². The second kappa shape index (κ2) is 6.11. The van der Waals surface area contributed by atoms with E-state index in [2.05, 4.69) is 15.1 Å². The van der Waals surface area contributed by atoms with E-state index in [1.807, 2.05) is 7.05 Å². The van der Waals surface area contributed by atoms with Crippen LogP contribution in [0.4, 0.5) is 0 Å². The number of carbonyl (C=O) groups is 1. The maximum Gasteiger partial charge on any atom is 0.143 e. The minimum absolute atomic E-state index is 0.264. The van der Waals surface area contributed by atoms with Gasteiger partial charge >= 0.3 is 0 Å². The van der Waals surface area contributed by atoms with Crippen molar-refractivity contribution in [3.05, 3.63) is 0 Å². The quantitative estimate of drug-likeness (QED) is 0.663. The zero-order valence-electron chi connectivity index (χ0n) is 9.25. The van der Waals surface area contributed by atoms with Crippen molar-refractivity contribution in [2.45, 2.75) is 13.3 Å². The third-order valence-electron chi connectivity index (χ3n) is 2.47. The predicted octanol–water partition coefficient (Wildman–Crippen LogP) is -0.240. The summed E-state index contributed by atoms with van der Waals surface area (Å²) in [4.78, 5) is 15.6. The molecule has 1 saturated heterocycles. The highest BCUT2D eigenvalue weighted by molar-refractivity contribution is 5.77. The summed E-state index contributed by atoms with van der Waals surface area (Å²) < 4.78 is 0. The van der Waals surface area contributed by atoms with Gasteiger partial charge < -0.3 is 5.32 Å². The number of nitrogens with one attached hydrogen (secondary N) is 1. The molecule has 0 aromatic rings. The van der Waals surface area contributed by atoms with Gasteiger partial charge in [-0.05, 0) is 20.4 Å². The smallest absolute Gasteiger partial charge is 0.143 e. The lowest BCUT2D eigenvalue weighted by Crippen LogP contribution is -2.47. The lowest BCUT2D eigenvalue weighted by Gasteiger charge is -2.34. The summed E-state index contributed by atoms with van der Waals surface area (Å²) >= 11 is 0. The Morgan fingerprint density at radius 1 is 1.36 bits per heavy atom. The minimum atomic E-state index is 0.264. The van der Waals surface area contributed by atoms with Crippen LogP contribution in [-0.4, -0.2) is 62.0 Å². The number of likely N-dealkylation sites (N-methyl/N-ethyl adjacent to an activating group) is 1. The van der Waals surface area contributed by atoms with Crippen molar-refractivity contribution >= 4 is 5.78 Å². The normalized spacial score (nSPS) is 19.9. The van der Waals surface area contributed by atoms with Gasteiger partial charge in [-0.25, -0.2) is 0 Å². The standard InChI is InChI=1S/C10H21N3O/c1-10(14)8-13-6-3-5-12(9-13)7-4-11-2/h11H,3-9H2,1-2H3. The number of ketones is 1. The van der Waals surface area contributed by atoms with Gasteiger partial charge in [-0.15, -0.1) is 0 Å². The molecule has 0 unspecified atom stereocenters. The SMILES string of the molecule is CNCCN1CCCN(CC(C)=O)C1.